The summed E-state index contributed by atoms with van der Waals surface area (Å²) in [6.45, 7) is 1.93. The lowest BCUT2D eigenvalue weighted by Crippen LogP contribution is -2.24. The molecule has 0 unspecified atom stereocenters. The van der Waals surface area contributed by atoms with E-state index in [1.54, 1.807) is 22.7 Å². The second kappa shape index (κ2) is 6.04. The Bertz CT molecular complexity index is 1040. The lowest BCUT2D eigenvalue weighted by Gasteiger charge is -2.10. The summed E-state index contributed by atoms with van der Waals surface area (Å²) in [5.41, 5.74) is 0.842. The first-order valence-corrected chi connectivity index (χ1v) is 10.1. The van der Waals surface area contributed by atoms with Crippen molar-refractivity contribution in [2.75, 3.05) is 7.11 Å². The maximum Gasteiger partial charge on any atom is 0.244 e. The number of aryl methyl sites for hydroxylation is 1. The van der Waals surface area contributed by atoms with Gasteiger partial charge < -0.3 is 4.74 Å². The van der Waals surface area contributed by atoms with Crippen LogP contribution in [0.15, 0.2) is 23.1 Å². The van der Waals surface area contributed by atoms with E-state index in [0.29, 0.717) is 21.6 Å². The Kier molecular flexibility index (Phi) is 3.97. The molecular formula is C15H17N5O3S2. The number of hydrogen-bond acceptors (Lipinski definition) is 7. The molecule has 132 valence electrons. The van der Waals surface area contributed by atoms with Crippen LogP contribution in [0.2, 0.25) is 0 Å². The highest BCUT2D eigenvalue weighted by Gasteiger charge is 2.30. The van der Waals surface area contributed by atoms with Gasteiger partial charge >= 0.3 is 0 Å². The maximum absolute atomic E-state index is 12.6. The molecule has 2 aromatic heterocycles. The van der Waals surface area contributed by atoms with Crippen molar-refractivity contribution in [2.45, 2.75) is 37.1 Å². The van der Waals surface area contributed by atoms with Crippen molar-refractivity contribution >= 4 is 26.3 Å². The summed E-state index contributed by atoms with van der Waals surface area (Å²) in [6, 6.07) is 5.04. The predicted molar refractivity (Wildman–Crippen MR) is 92.4 cm³/mol. The van der Waals surface area contributed by atoms with Gasteiger partial charge in [-0.15, -0.1) is 10.2 Å². The number of hydrogen-bond donors (Lipinski definition) is 1. The Morgan fingerprint density at radius 3 is 2.88 bits per heavy atom. The molecule has 0 amide bonds. The minimum Gasteiger partial charge on any atom is -0.495 e. The van der Waals surface area contributed by atoms with Gasteiger partial charge in [0.2, 0.25) is 15.0 Å². The van der Waals surface area contributed by atoms with Gasteiger partial charge in [-0.05, 0) is 37.5 Å². The number of rotatable bonds is 6. The summed E-state index contributed by atoms with van der Waals surface area (Å²) in [7, 11) is -2.26. The van der Waals surface area contributed by atoms with E-state index in [1.165, 1.54) is 18.4 Å². The largest absolute Gasteiger partial charge is 0.495 e. The van der Waals surface area contributed by atoms with Crippen LogP contribution in [-0.2, 0) is 16.6 Å². The van der Waals surface area contributed by atoms with Crippen LogP contribution in [-0.4, -0.2) is 35.3 Å². The van der Waals surface area contributed by atoms with Gasteiger partial charge in [-0.25, -0.2) is 13.1 Å². The Morgan fingerprint density at radius 2 is 2.16 bits per heavy atom. The van der Waals surface area contributed by atoms with Crippen LogP contribution >= 0.6 is 11.3 Å². The van der Waals surface area contributed by atoms with Crippen LogP contribution < -0.4 is 9.46 Å². The highest BCUT2D eigenvalue weighted by Crippen LogP contribution is 2.39. The fourth-order valence-corrected chi connectivity index (χ4v) is 4.68. The van der Waals surface area contributed by atoms with Crippen molar-refractivity contribution in [3.63, 3.8) is 0 Å². The zero-order valence-corrected chi connectivity index (χ0v) is 15.4. The smallest absolute Gasteiger partial charge is 0.244 e. The highest BCUT2D eigenvalue weighted by molar-refractivity contribution is 7.89. The molecule has 4 rings (SSSR count). The fraction of sp³-hybridized carbons (Fsp3) is 0.400. The zero-order valence-electron chi connectivity index (χ0n) is 13.8. The highest BCUT2D eigenvalue weighted by atomic mass is 32.2. The summed E-state index contributed by atoms with van der Waals surface area (Å²) < 4.78 is 34.7. The summed E-state index contributed by atoms with van der Waals surface area (Å²) in [4.78, 5) is 0.806. The number of nitrogens with one attached hydrogen (secondary N) is 1. The van der Waals surface area contributed by atoms with Crippen molar-refractivity contribution in [3.05, 3.63) is 34.6 Å². The molecule has 0 aliphatic heterocycles. The molecular weight excluding hydrogens is 362 g/mol. The third kappa shape index (κ3) is 3.12. The van der Waals surface area contributed by atoms with E-state index >= 15 is 0 Å². The zero-order chi connectivity index (χ0) is 17.6. The summed E-state index contributed by atoms with van der Waals surface area (Å²) >= 11 is 1.33. The molecule has 1 aromatic carbocycles. The summed E-state index contributed by atoms with van der Waals surface area (Å²) in [5.74, 6) is 1.60. The van der Waals surface area contributed by atoms with Gasteiger partial charge in [0.05, 0.1) is 13.7 Å². The molecule has 1 N–H and O–H groups in total. The Balaban J connectivity index is 1.57. The van der Waals surface area contributed by atoms with Crippen LogP contribution in [0, 0.1) is 6.92 Å². The Morgan fingerprint density at radius 1 is 1.36 bits per heavy atom. The van der Waals surface area contributed by atoms with Crippen LogP contribution in [0.25, 0.3) is 4.96 Å². The number of aromatic nitrogens is 4. The monoisotopic (exact) mass is 379 g/mol. The first-order valence-electron chi connectivity index (χ1n) is 7.83. The normalized spacial score (nSPS) is 15.0. The topological polar surface area (TPSA) is 98.5 Å². The Labute approximate surface area is 148 Å². The molecule has 1 saturated carbocycles. The molecule has 1 aliphatic rings. The number of nitrogens with zero attached hydrogens (tertiary/aromatic N) is 4. The van der Waals surface area contributed by atoms with Crippen molar-refractivity contribution in [3.8, 4) is 5.75 Å². The van der Waals surface area contributed by atoms with E-state index < -0.39 is 10.0 Å². The van der Waals surface area contributed by atoms with Crippen LogP contribution in [0.5, 0.6) is 5.75 Å². The minimum absolute atomic E-state index is 0.0948. The van der Waals surface area contributed by atoms with Crippen LogP contribution in [0.4, 0.5) is 0 Å². The lowest BCUT2D eigenvalue weighted by molar-refractivity contribution is 0.402. The first-order chi connectivity index (χ1) is 12.0. The molecule has 1 aliphatic carbocycles. The van der Waals surface area contributed by atoms with E-state index in [2.05, 4.69) is 20.0 Å². The quantitative estimate of drug-likeness (QED) is 0.702. The number of benzene rings is 1. The maximum atomic E-state index is 12.6. The standard InChI is InChI=1S/C15H17N5O3S2/c1-9-3-6-11(23-2)12(7-9)25(21,22)16-8-13-19-20-14(10-4-5-10)17-18-15(20)24-13/h3,6-7,10,16H,4-5,8H2,1-2H3. The van der Waals surface area contributed by atoms with Crippen molar-refractivity contribution in [2.24, 2.45) is 0 Å². The van der Waals surface area contributed by atoms with E-state index in [4.69, 9.17) is 4.74 Å². The predicted octanol–water partition coefficient (Wildman–Crippen LogP) is 1.86. The van der Waals surface area contributed by atoms with Crippen LogP contribution in [0.1, 0.15) is 35.2 Å². The number of sulfonamides is 1. The molecule has 0 radical (unpaired) electrons. The lowest BCUT2D eigenvalue weighted by atomic mass is 10.2. The van der Waals surface area contributed by atoms with E-state index in [-0.39, 0.29) is 11.4 Å². The van der Waals surface area contributed by atoms with Crippen molar-refractivity contribution < 1.29 is 13.2 Å². The third-order valence-corrected chi connectivity index (χ3v) is 6.34. The Hall–Kier alpha value is -2.04. The van der Waals surface area contributed by atoms with Gasteiger partial charge in [0.15, 0.2) is 5.82 Å². The molecule has 0 spiro atoms. The van der Waals surface area contributed by atoms with E-state index in [0.717, 1.165) is 24.2 Å². The molecule has 0 saturated heterocycles. The second-order valence-corrected chi connectivity index (χ2v) is 8.78. The van der Waals surface area contributed by atoms with E-state index in [9.17, 15) is 8.42 Å². The number of ether oxygens (including phenoxy) is 1. The van der Waals surface area contributed by atoms with E-state index in [1.807, 2.05) is 6.92 Å². The molecule has 1 fully saturated rings. The number of methoxy groups -OCH3 is 1. The molecule has 10 heteroatoms. The average molecular weight is 379 g/mol. The molecule has 3 aromatic rings. The van der Waals surface area contributed by atoms with Gasteiger partial charge in [0.25, 0.3) is 0 Å². The van der Waals surface area contributed by atoms with Gasteiger partial charge in [-0.1, -0.05) is 17.4 Å². The fourth-order valence-electron chi connectivity index (χ4n) is 2.57. The third-order valence-electron chi connectivity index (χ3n) is 4.02. The van der Waals surface area contributed by atoms with Gasteiger partial charge in [0, 0.05) is 5.92 Å². The molecule has 0 atom stereocenters. The molecule has 2 heterocycles. The SMILES string of the molecule is COc1ccc(C)cc1S(=O)(=O)NCc1nn2c(C3CC3)nnc2s1. The van der Waals surface area contributed by atoms with Crippen LogP contribution in [0.3, 0.4) is 0 Å². The molecule has 0 bridgehead atoms. The minimum atomic E-state index is -3.71. The average Bonchev–Trinajstić information content (AvgIpc) is 3.22. The van der Waals surface area contributed by atoms with Crippen molar-refractivity contribution in [1.29, 1.82) is 0 Å². The molecule has 8 nitrogen and oxygen atoms in total. The first kappa shape index (κ1) is 16.4. The summed E-state index contributed by atoms with van der Waals surface area (Å²) in [6.07, 6.45) is 2.21. The summed E-state index contributed by atoms with van der Waals surface area (Å²) in [5, 5.41) is 13.4. The molecule has 25 heavy (non-hydrogen) atoms. The van der Waals surface area contributed by atoms with Crippen molar-refractivity contribution in [1.82, 2.24) is 24.5 Å². The van der Waals surface area contributed by atoms with Gasteiger partial charge in [0.1, 0.15) is 15.7 Å². The number of fused-ring (bicyclic) bond motifs is 1. The second-order valence-electron chi connectivity index (χ2n) is 6.00. The van der Waals surface area contributed by atoms with Gasteiger partial charge in [-0.3, -0.25) is 0 Å². The van der Waals surface area contributed by atoms with Gasteiger partial charge in [-0.2, -0.15) is 9.61 Å².